The fraction of sp³-hybridized carbons (Fsp3) is 0.684. The lowest BCUT2D eigenvalue weighted by Gasteiger charge is -2.30. The third-order valence-electron chi connectivity index (χ3n) is 4.48. The molecule has 1 fully saturated rings. The molecule has 2 heteroatoms. The number of hydrogen-bond donors (Lipinski definition) is 1. The van der Waals surface area contributed by atoms with E-state index in [1.165, 1.54) is 44.1 Å². The van der Waals surface area contributed by atoms with Gasteiger partial charge in [0.2, 0.25) is 0 Å². The minimum atomic E-state index is 0.313. The van der Waals surface area contributed by atoms with Crippen LogP contribution in [0.2, 0.25) is 0 Å². The van der Waals surface area contributed by atoms with Crippen LogP contribution in [0.3, 0.4) is 0 Å². The molecule has 1 aromatic rings. The Labute approximate surface area is 130 Å². The zero-order chi connectivity index (χ0) is 15.1. The van der Waals surface area contributed by atoms with Gasteiger partial charge in [-0.25, -0.2) is 0 Å². The average Bonchev–Trinajstić information content (AvgIpc) is 2.46. The summed E-state index contributed by atoms with van der Waals surface area (Å²) < 4.78 is 6.38. The van der Waals surface area contributed by atoms with Gasteiger partial charge in [0.25, 0.3) is 0 Å². The predicted molar refractivity (Wildman–Crippen MR) is 90.1 cm³/mol. The maximum atomic E-state index is 6.38. The van der Waals surface area contributed by atoms with E-state index in [1.807, 2.05) is 0 Å². The van der Waals surface area contributed by atoms with Crippen molar-refractivity contribution in [3.63, 3.8) is 0 Å². The van der Waals surface area contributed by atoms with Crippen molar-refractivity contribution in [1.29, 1.82) is 0 Å². The first-order valence-corrected chi connectivity index (χ1v) is 8.70. The summed E-state index contributed by atoms with van der Waals surface area (Å²) in [7, 11) is 0. The molecule has 1 N–H and O–H groups in total. The molecule has 0 bridgehead atoms. The largest absolute Gasteiger partial charge is 0.489 e. The lowest BCUT2D eigenvalue weighted by Crippen LogP contribution is -2.43. The van der Waals surface area contributed by atoms with Crippen molar-refractivity contribution in [2.75, 3.05) is 6.54 Å². The molecule has 0 amide bonds. The predicted octanol–water partition coefficient (Wildman–Crippen LogP) is 4.89. The molecule has 0 radical (unpaired) electrons. The van der Waals surface area contributed by atoms with Crippen molar-refractivity contribution in [2.24, 2.45) is 0 Å². The number of rotatable bonds is 5. The van der Waals surface area contributed by atoms with E-state index in [4.69, 9.17) is 4.74 Å². The summed E-state index contributed by atoms with van der Waals surface area (Å²) in [5.74, 6) is 1.59. The molecule has 1 saturated carbocycles. The fourth-order valence-corrected chi connectivity index (χ4v) is 3.21. The van der Waals surface area contributed by atoms with Gasteiger partial charge in [0.1, 0.15) is 11.9 Å². The molecule has 1 aliphatic carbocycles. The van der Waals surface area contributed by atoms with Crippen LogP contribution in [0.15, 0.2) is 24.3 Å². The van der Waals surface area contributed by atoms with E-state index < -0.39 is 0 Å². The van der Waals surface area contributed by atoms with E-state index >= 15 is 0 Å². The first kappa shape index (κ1) is 16.4. The monoisotopic (exact) mass is 289 g/mol. The molecule has 2 nitrogen and oxygen atoms in total. The molecule has 2 unspecified atom stereocenters. The second-order valence-corrected chi connectivity index (χ2v) is 6.54. The zero-order valence-electron chi connectivity index (χ0n) is 13.9. The van der Waals surface area contributed by atoms with Crippen LogP contribution >= 0.6 is 0 Å². The number of nitrogens with one attached hydrogen (secondary N) is 1. The Balaban J connectivity index is 2.07. The Morgan fingerprint density at radius 2 is 1.90 bits per heavy atom. The minimum absolute atomic E-state index is 0.313. The molecule has 0 aliphatic heterocycles. The molecule has 118 valence electrons. The molecular weight excluding hydrogens is 258 g/mol. The van der Waals surface area contributed by atoms with Gasteiger partial charge in [-0.15, -0.1) is 0 Å². The Bertz CT molecular complexity index is 416. The molecule has 2 atom stereocenters. The number of benzene rings is 1. The van der Waals surface area contributed by atoms with Crippen LogP contribution < -0.4 is 10.1 Å². The van der Waals surface area contributed by atoms with Gasteiger partial charge in [0, 0.05) is 6.04 Å². The Kier molecular flexibility index (Phi) is 6.56. The topological polar surface area (TPSA) is 21.3 Å². The summed E-state index contributed by atoms with van der Waals surface area (Å²) in [5.41, 5.74) is 1.36. The van der Waals surface area contributed by atoms with Crippen LogP contribution in [-0.4, -0.2) is 18.7 Å². The maximum Gasteiger partial charge on any atom is 0.120 e. The first-order valence-electron chi connectivity index (χ1n) is 8.70. The fourth-order valence-electron chi connectivity index (χ4n) is 3.21. The van der Waals surface area contributed by atoms with Crippen molar-refractivity contribution in [1.82, 2.24) is 5.32 Å². The maximum absolute atomic E-state index is 6.38. The van der Waals surface area contributed by atoms with Gasteiger partial charge in [-0.05, 0) is 49.4 Å². The van der Waals surface area contributed by atoms with Crippen LogP contribution in [0.5, 0.6) is 5.75 Å². The molecule has 21 heavy (non-hydrogen) atoms. The molecule has 1 aromatic carbocycles. The molecule has 0 spiro atoms. The van der Waals surface area contributed by atoms with E-state index in [1.54, 1.807) is 0 Å². The van der Waals surface area contributed by atoms with Crippen molar-refractivity contribution >= 4 is 0 Å². The number of likely N-dealkylation sites (N-methyl/N-ethyl adjacent to an activating group) is 1. The van der Waals surface area contributed by atoms with Crippen LogP contribution in [0.25, 0.3) is 0 Å². The summed E-state index contributed by atoms with van der Waals surface area (Å²) in [5, 5.41) is 3.63. The third-order valence-corrected chi connectivity index (χ3v) is 4.48. The van der Waals surface area contributed by atoms with Gasteiger partial charge in [-0.1, -0.05) is 52.2 Å². The Hall–Kier alpha value is -1.02. The summed E-state index contributed by atoms with van der Waals surface area (Å²) >= 11 is 0. The zero-order valence-corrected chi connectivity index (χ0v) is 13.9. The second-order valence-electron chi connectivity index (χ2n) is 6.54. The van der Waals surface area contributed by atoms with Crippen molar-refractivity contribution in [3.05, 3.63) is 29.8 Å². The van der Waals surface area contributed by atoms with Gasteiger partial charge < -0.3 is 10.1 Å². The van der Waals surface area contributed by atoms with Crippen molar-refractivity contribution < 1.29 is 4.74 Å². The lowest BCUT2D eigenvalue weighted by molar-refractivity contribution is 0.128. The van der Waals surface area contributed by atoms with E-state index in [0.29, 0.717) is 18.1 Å². The highest BCUT2D eigenvalue weighted by atomic mass is 16.5. The molecule has 0 heterocycles. The van der Waals surface area contributed by atoms with E-state index in [-0.39, 0.29) is 0 Å². The normalized spacial score (nSPS) is 23.6. The molecule has 0 saturated heterocycles. The quantitative estimate of drug-likeness (QED) is 0.833. The van der Waals surface area contributed by atoms with Gasteiger partial charge in [0.15, 0.2) is 0 Å². The highest BCUT2D eigenvalue weighted by molar-refractivity contribution is 5.30. The number of ether oxygens (including phenoxy) is 1. The highest BCUT2D eigenvalue weighted by Gasteiger charge is 2.23. The van der Waals surface area contributed by atoms with Gasteiger partial charge in [-0.3, -0.25) is 0 Å². The summed E-state index contributed by atoms with van der Waals surface area (Å²) in [6.07, 6.45) is 8.06. The number of hydrogen-bond acceptors (Lipinski definition) is 2. The molecule has 1 aliphatic rings. The van der Waals surface area contributed by atoms with Crippen molar-refractivity contribution in [2.45, 2.75) is 77.4 Å². The standard InChI is InChI=1S/C19H31NO/c1-4-20-18-12-7-5-6-8-13-19(18)21-17-11-9-10-16(14-17)15(2)3/h9-11,14-15,18-20H,4-8,12-13H2,1-3H3. The summed E-state index contributed by atoms with van der Waals surface area (Å²) in [6, 6.07) is 9.13. The summed E-state index contributed by atoms with van der Waals surface area (Å²) in [6.45, 7) is 7.68. The summed E-state index contributed by atoms with van der Waals surface area (Å²) in [4.78, 5) is 0. The second kappa shape index (κ2) is 8.43. The molecular formula is C19H31NO. The van der Waals surface area contributed by atoms with Crippen LogP contribution in [0, 0.1) is 0 Å². The highest BCUT2D eigenvalue weighted by Crippen LogP contribution is 2.25. The Morgan fingerprint density at radius 3 is 2.62 bits per heavy atom. The van der Waals surface area contributed by atoms with E-state index in [2.05, 4.69) is 50.4 Å². The van der Waals surface area contributed by atoms with Crippen LogP contribution in [0.4, 0.5) is 0 Å². The lowest BCUT2D eigenvalue weighted by atomic mass is 9.94. The molecule has 2 rings (SSSR count). The van der Waals surface area contributed by atoms with E-state index in [9.17, 15) is 0 Å². The van der Waals surface area contributed by atoms with Gasteiger partial charge in [0.05, 0.1) is 0 Å². The molecule has 0 aromatic heterocycles. The van der Waals surface area contributed by atoms with Crippen molar-refractivity contribution in [3.8, 4) is 5.75 Å². The van der Waals surface area contributed by atoms with Crippen LogP contribution in [0.1, 0.15) is 70.8 Å². The van der Waals surface area contributed by atoms with Crippen LogP contribution in [-0.2, 0) is 0 Å². The SMILES string of the molecule is CCNC1CCCCCCC1Oc1cccc(C(C)C)c1. The van der Waals surface area contributed by atoms with E-state index in [0.717, 1.165) is 12.3 Å². The smallest absolute Gasteiger partial charge is 0.120 e. The third kappa shape index (κ3) is 5.03. The first-order chi connectivity index (χ1) is 10.2. The van der Waals surface area contributed by atoms with Gasteiger partial charge in [-0.2, -0.15) is 0 Å². The van der Waals surface area contributed by atoms with Gasteiger partial charge >= 0.3 is 0 Å². The average molecular weight is 289 g/mol. The minimum Gasteiger partial charge on any atom is -0.489 e. The Morgan fingerprint density at radius 1 is 1.14 bits per heavy atom.